The van der Waals surface area contributed by atoms with E-state index >= 15 is 0 Å². The van der Waals surface area contributed by atoms with Crippen molar-refractivity contribution < 1.29 is 19.1 Å². The maximum absolute atomic E-state index is 13.0. The van der Waals surface area contributed by atoms with E-state index < -0.39 is 17.7 Å². The van der Waals surface area contributed by atoms with E-state index in [1.54, 1.807) is 36.4 Å². The summed E-state index contributed by atoms with van der Waals surface area (Å²) in [5, 5.41) is 11.0. The van der Waals surface area contributed by atoms with Crippen molar-refractivity contribution in [2.45, 2.75) is 12.6 Å². The minimum atomic E-state index is -0.716. The van der Waals surface area contributed by atoms with Gasteiger partial charge in [-0.2, -0.15) is 0 Å². The standard InChI is InChI=1S/C24H22N2O4/c1-25(2)18-12-10-16(11-13-18)21-20(22(27)17-7-4-3-5-8-17)23(28)24(29)26(21)15-19-9-6-14-30-19/h3-14,21,27H,15H2,1-2H3/b22-20+/t21-/m0/s1. The van der Waals surface area contributed by atoms with Crippen LogP contribution >= 0.6 is 0 Å². The number of aliphatic hydroxyl groups is 1. The maximum Gasteiger partial charge on any atom is 0.296 e. The Morgan fingerprint density at radius 3 is 2.30 bits per heavy atom. The molecule has 3 aromatic rings. The minimum Gasteiger partial charge on any atom is -0.507 e. The first kappa shape index (κ1) is 19.5. The third kappa shape index (κ3) is 3.48. The van der Waals surface area contributed by atoms with E-state index in [4.69, 9.17) is 4.42 Å². The number of hydrogen-bond acceptors (Lipinski definition) is 5. The predicted octanol–water partition coefficient (Wildman–Crippen LogP) is 3.97. The molecule has 0 aliphatic carbocycles. The minimum absolute atomic E-state index is 0.0790. The lowest BCUT2D eigenvalue weighted by atomic mass is 9.95. The van der Waals surface area contributed by atoms with Crippen LogP contribution in [0.3, 0.4) is 0 Å². The second-order valence-corrected chi connectivity index (χ2v) is 7.36. The monoisotopic (exact) mass is 402 g/mol. The summed E-state index contributed by atoms with van der Waals surface area (Å²) in [5.74, 6) is -0.987. The lowest BCUT2D eigenvalue weighted by molar-refractivity contribution is -0.140. The number of Topliss-reactive ketones (excluding diaryl/α,β-unsaturated/α-hetero) is 1. The summed E-state index contributed by atoms with van der Waals surface area (Å²) in [4.78, 5) is 29.3. The molecule has 0 radical (unpaired) electrons. The van der Waals surface area contributed by atoms with Crippen LogP contribution in [0.25, 0.3) is 5.76 Å². The Labute approximate surface area is 174 Å². The number of ketones is 1. The van der Waals surface area contributed by atoms with Crippen molar-refractivity contribution in [1.82, 2.24) is 4.90 Å². The summed E-state index contributed by atoms with van der Waals surface area (Å²) in [5.41, 5.74) is 2.30. The van der Waals surface area contributed by atoms with Gasteiger partial charge >= 0.3 is 0 Å². The van der Waals surface area contributed by atoms with Crippen molar-refractivity contribution in [3.8, 4) is 0 Å². The fraction of sp³-hybridized carbons (Fsp3) is 0.167. The molecule has 1 amide bonds. The molecule has 1 N–H and O–H groups in total. The van der Waals surface area contributed by atoms with Gasteiger partial charge in [0.15, 0.2) is 0 Å². The molecule has 30 heavy (non-hydrogen) atoms. The molecule has 0 bridgehead atoms. The Morgan fingerprint density at radius 1 is 1.00 bits per heavy atom. The number of anilines is 1. The summed E-state index contributed by atoms with van der Waals surface area (Å²) >= 11 is 0. The average Bonchev–Trinajstić information content (AvgIpc) is 3.36. The van der Waals surface area contributed by atoms with Gasteiger partial charge in [-0.1, -0.05) is 42.5 Å². The van der Waals surface area contributed by atoms with E-state index in [2.05, 4.69) is 0 Å². The highest BCUT2D eigenvalue weighted by Crippen LogP contribution is 2.40. The first-order valence-corrected chi connectivity index (χ1v) is 9.61. The van der Waals surface area contributed by atoms with Gasteiger partial charge in [0.1, 0.15) is 11.5 Å². The van der Waals surface area contributed by atoms with Crippen LogP contribution in [0.2, 0.25) is 0 Å². The number of rotatable bonds is 5. The number of benzene rings is 2. The zero-order chi connectivity index (χ0) is 21.3. The fourth-order valence-corrected chi connectivity index (χ4v) is 3.67. The molecule has 0 unspecified atom stereocenters. The summed E-state index contributed by atoms with van der Waals surface area (Å²) < 4.78 is 5.40. The lowest BCUT2D eigenvalue weighted by Crippen LogP contribution is -2.29. The first-order chi connectivity index (χ1) is 14.5. The third-order valence-corrected chi connectivity index (χ3v) is 5.22. The summed E-state index contributed by atoms with van der Waals surface area (Å²) in [6.45, 7) is 0.128. The quantitative estimate of drug-likeness (QED) is 0.397. The van der Waals surface area contributed by atoms with Crippen LogP contribution in [0.1, 0.15) is 22.9 Å². The van der Waals surface area contributed by atoms with E-state index in [-0.39, 0.29) is 17.9 Å². The number of aliphatic hydroxyl groups excluding tert-OH is 1. The molecule has 0 spiro atoms. The molecule has 1 aliphatic heterocycles. The van der Waals surface area contributed by atoms with Gasteiger partial charge < -0.3 is 19.3 Å². The number of amides is 1. The Hall–Kier alpha value is -3.80. The molecular weight excluding hydrogens is 380 g/mol. The van der Waals surface area contributed by atoms with Gasteiger partial charge in [-0.3, -0.25) is 9.59 Å². The van der Waals surface area contributed by atoms with E-state index in [9.17, 15) is 14.7 Å². The Balaban J connectivity index is 1.85. The van der Waals surface area contributed by atoms with Crippen molar-refractivity contribution in [3.63, 3.8) is 0 Å². The maximum atomic E-state index is 13.0. The molecule has 1 aliphatic rings. The summed E-state index contributed by atoms with van der Waals surface area (Å²) in [6.07, 6.45) is 1.52. The molecule has 152 valence electrons. The Morgan fingerprint density at radius 2 is 1.70 bits per heavy atom. The zero-order valence-electron chi connectivity index (χ0n) is 16.8. The third-order valence-electron chi connectivity index (χ3n) is 5.22. The van der Waals surface area contributed by atoms with Crippen molar-refractivity contribution in [2.75, 3.05) is 19.0 Å². The lowest BCUT2D eigenvalue weighted by Gasteiger charge is -2.25. The number of carbonyl (C=O) groups excluding carboxylic acids is 2. The van der Waals surface area contributed by atoms with E-state index in [0.717, 1.165) is 11.3 Å². The van der Waals surface area contributed by atoms with Crippen molar-refractivity contribution >= 4 is 23.1 Å². The van der Waals surface area contributed by atoms with E-state index in [1.165, 1.54) is 11.2 Å². The van der Waals surface area contributed by atoms with Crippen LogP contribution in [0, 0.1) is 0 Å². The first-order valence-electron chi connectivity index (χ1n) is 9.61. The fourth-order valence-electron chi connectivity index (χ4n) is 3.67. The molecule has 1 atom stereocenters. The zero-order valence-corrected chi connectivity index (χ0v) is 16.8. The van der Waals surface area contributed by atoms with Crippen molar-refractivity contribution in [2.24, 2.45) is 0 Å². The predicted molar refractivity (Wildman–Crippen MR) is 114 cm³/mol. The second-order valence-electron chi connectivity index (χ2n) is 7.36. The SMILES string of the molecule is CN(C)c1ccc([C@H]2/C(=C(\O)c3ccccc3)C(=O)C(=O)N2Cc2ccco2)cc1. The van der Waals surface area contributed by atoms with Crippen LogP contribution < -0.4 is 4.90 Å². The van der Waals surface area contributed by atoms with Gasteiger partial charge in [-0.05, 0) is 29.8 Å². The molecule has 2 heterocycles. The molecule has 4 rings (SSSR count). The smallest absolute Gasteiger partial charge is 0.296 e. The molecule has 6 heteroatoms. The van der Waals surface area contributed by atoms with Gasteiger partial charge in [0.25, 0.3) is 11.7 Å². The number of carbonyl (C=O) groups is 2. The highest BCUT2D eigenvalue weighted by Gasteiger charge is 2.46. The van der Waals surface area contributed by atoms with Crippen LogP contribution in [-0.2, 0) is 16.1 Å². The van der Waals surface area contributed by atoms with Crippen LogP contribution in [-0.4, -0.2) is 35.8 Å². The summed E-state index contributed by atoms with van der Waals surface area (Å²) in [6, 6.07) is 19.1. The van der Waals surface area contributed by atoms with Gasteiger partial charge in [-0.25, -0.2) is 0 Å². The van der Waals surface area contributed by atoms with Gasteiger partial charge in [0.2, 0.25) is 0 Å². The summed E-state index contributed by atoms with van der Waals surface area (Å²) in [7, 11) is 3.88. The number of likely N-dealkylation sites (tertiary alicyclic amines) is 1. The van der Waals surface area contributed by atoms with Gasteiger partial charge in [-0.15, -0.1) is 0 Å². The largest absolute Gasteiger partial charge is 0.507 e. The number of nitrogens with zero attached hydrogens (tertiary/aromatic N) is 2. The number of hydrogen-bond donors (Lipinski definition) is 1. The van der Waals surface area contributed by atoms with Gasteiger partial charge in [0.05, 0.1) is 24.4 Å². The molecule has 1 aromatic heterocycles. The molecule has 1 fully saturated rings. The molecule has 1 saturated heterocycles. The number of furan rings is 1. The highest BCUT2D eigenvalue weighted by molar-refractivity contribution is 6.46. The van der Waals surface area contributed by atoms with Crippen molar-refractivity contribution in [3.05, 3.63) is 95.5 Å². The normalized spacial score (nSPS) is 18.1. The van der Waals surface area contributed by atoms with Gasteiger partial charge in [0, 0.05) is 25.3 Å². The molecular formula is C24H22N2O4. The Kier molecular flexibility index (Phi) is 5.14. The van der Waals surface area contributed by atoms with Crippen molar-refractivity contribution in [1.29, 1.82) is 0 Å². The van der Waals surface area contributed by atoms with E-state index in [0.29, 0.717) is 11.3 Å². The van der Waals surface area contributed by atoms with Crippen LogP contribution in [0.15, 0.2) is 83.0 Å². The Bertz CT molecular complexity index is 1080. The average molecular weight is 402 g/mol. The van der Waals surface area contributed by atoms with Crippen LogP contribution in [0.5, 0.6) is 0 Å². The second kappa shape index (κ2) is 7.91. The van der Waals surface area contributed by atoms with E-state index in [1.807, 2.05) is 49.3 Å². The topological polar surface area (TPSA) is 74.0 Å². The molecule has 6 nitrogen and oxygen atoms in total. The molecule has 0 saturated carbocycles. The van der Waals surface area contributed by atoms with Crippen LogP contribution in [0.4, 0.5) is 5.69 Å². The highest BCUT2D eigenvalue weighted by atomic mass is 16.3. The molecule has 2 aromatic carbocycles.